The van der Waals surface area contributed by atoms with Gasteiger partial charge in [-0.2, -0.15) is 0 Å². The average molecular weight is 413 g/mol. The van der Waals surface area contributed by atoms with E-state index in [2.05, 4.69) is 4.98 Å². The molecule has 0 aliphatic carbocycles. The second-order valence-electron chi connectivity index (χ2n) is 7.82. The lowest BCUT2D eigenvalue weighted by Crippen LogP contribution is -2.21. The molecule has 0 aliphatic rings. The molecule has 6 nitrogen and oxygen atoms in total. The summed E-state index contributed by atoms with van der Waals surface area (Å²) < 4.78 is 25.3. The summed E-state index contributed by atoms with van der Waals surface area (Å²) in [7, 11) is 1.52. The van der Waals surface area contributed by atoms with E-state index < -0.39 is 23.3 Å². The SMILES string of the molecule is COc1ccc(CC(C)(C)O)cc1-c1cc(F)cc(C(CC(=O)O)c2ncco2)c1. The van der Waals surface area contributed by atoms with Crippen molar-refractivity contribution in [2.24, 2.45) is 0 Å². The van der Waals surface area contributed by atoms with Gasteiger partial charge in [0.25, 0.3) is 0 Å². The second-order valence-corrected chi connectivity index (χ2v) is 7.82. The van der Waals surface area contributed by atoms with E-state index in [1.165, 1.54) is 31.7 Å². The van der Waals surface area contributed by atoms with Crippen LogP contribution in [0.25, 0.3) is 11.1 Å². The van der Waals surface area contributed by atoms with Gasteiger partial charge in [0.1, 0.15) is 17.8 Å². The summed E-state index contributed by atoms with van der Waals surface area (Å²) in [6.07, 6.45) is 2.89. The van der Waals surface area contributed by atoms with Crippen LogP contribution < -0.4 is 4.74 Å². The molecule has 0 fully saturated rings. The van der Waals surface area contributed by atoms with Crippen LogP contribution in [0.2, 0.25) is 0 Å². The minimum atomic E-state index is -1.05. The molecule has 0 saturated carbocycles. The number of aliphatic hydroxyl groups is 1. The number of nitrogens with zero attached hydrogens (tertiary/aromatic N) is 1. The van der Waals surface area contributed by atoms with E-state index in [9.17, 15) is 19.4 Å². The van der Waals surface area contributed by atoms with E-state index >= 15 is 0 Å². The quantitative estimate of drug-likeness (QED) is 0.568. The number of aliphatic carboxylic acids is 1. The largest absolute Gasteiger partial charge is 0.496 e. The molecule has 1 aromatic heterocycles. The van der Waals surface area contributed by atoms with Gasteiger partial charge >= 0.3 is 5.97 Å². The number of methoxy groups -OCH3 is 1. The molecule has 2 N–H and O–H groups in total. The predicted octanol–water partition coefficient (Wildman–Crippen LogP) is 4.41. The van der Waals surface area contributed by atoms with Gasteiger partial charge in [-0.15, -0.1) is 0 Å². The first kappa shape index (κ1) is 21.5. The summed E-state index contributed by atoms with van der Waals surface area (Å²) >= 11 is 0. The van der Waals surface area contributed by atoms with Gasteiger partial charge in [-0.05, 0) is 60.9 Å². The van der Waals surface area contributed by atoms with Gasteiger partial charge in [-0.3, -0.25) is 4.79 Å². The third kappa shape index (κ3) is 5.24. The Morgan fingerprint density at radius 3 is 2.63 bits per heavy atom. The standard InChI is InChI=1S/C23H24FNO5/c1-23(2,28)13-14-4-5-20(29-3)18(8-14)15-9-16(11-17(24)10-15)19(12-21(26)27)22-25-6-7-30-22/h4-11,19,28H,12-13H2,1-3H3,(H,26,27). The molecule has 158 valence electrons. The highest BCUT2D eigenvalue weighted by Gasteiger charge is 2.24. The first-order chi connectivity index (χ1) is 14.2. The van der Waals surface area contributed by atoms with Crippen molar-refractivity contribution >= 4 is 5.97 Å². The van der Waals surface area contributed by atoms with Gasteiger partial charge in [-0.1, -0.05) is 6.07 Å². The van der Waals surface area contributed by atoms with Crippen LogP contribution in [0.4, 0.5) is 4.39 Å². The van der Waals surface area contributed by atoms with Gasteiger partial charge in [0.2, 0.25) is 5.89 Å². The third-order valence-corrected chi connectivity index (χ3v) is 4.66. The minimum Gasteiger partial charge on any atom is -0.496 e. The number of rotatable bonds is 8. The van der Waals surface area contributed by atoms with Crippen LogP contribution >= 0.6 is 0 Å². The fraction of sp³-hybridized carbons (Fsp3) is 0.304. The van der Waals surface area contributed by atoms with Crippen LogP contribution in [-0.4, -0.2) is 33.9 Å². The van der Waals surface area contributed by atoms with Crippen molar-refractivity contribution < 1.29 is 28.6 Å². The molecular formula is C23H24FNO5. The Kier molecular flexibility index (Phi) is 6.22. The molecule has 7 heteroatoms. The number of oxazole rings is 1. The minimum absolute atomic E-state index is 0.205. The molecule has 0 radical (unpaired) electrons. The summed E-state index contributed by atoms with van der Waals surface area (Å²) in [4.78, 5) is 15.5. The fourth-order valence-electron chi connectivity index (χ4n) is 3.49. The Hall–Kier alpha value is -3.19. The van der Waals surface area contributed by atoms with Crippen LogP contribution in [0, 0.1) is 5.82 Å². The van der Waals surface area contributed by atoms with Crippen LogP contribution in [0.1, 0.15) is 43.2 Å². The summed E-state index contributed by atoms with van der Waals surface area (Å²) in [6, 6.07) is 9.82. The third-order valence-electron chi connectivity index (χ3n) is 4.66. The lowest BCUT2D eigenvalue weighted by atomic mass is 9.90. The fourth-order valence-corrected chi connectivity index (χ4v) is 3.49. The summed E-state index contributed by atoms with van der Waals surface area (Å²) in [6.45, 7) is 3.42. The van der Waals surface area contributed by atoms with E-state index in [0.717, 1.165) is 5.56 Å². The van der Waals surface area contributed by atoms with Gasteiger partial charge < -0.3 is 19.4 Å². The maximum Gasteiger partial charge on any atom is 0.304 e. The summed E-state index contributed by atoms with van der Waals surface area (Å²) in [5, 5.41) is 19.5. The Balaban J connectivity index is 2.10. The van der Waals surface area contributed by atoms with Crippen molar-refractivity contribution in [3.05, 3.63) is 71.7 Å². The molecule has 1 atom stereocenters. The smallest absolute Gasteiger partial charge is 0.304 e. The van der Waals surface area contributed by atoms with Crippen LogP contribution in [-0.2, 0) is 11.2 Å². The van der Waals surface area contributed by atoms with Crippen molar-refractivity contribution in [3.63, 3.8) is 0 Å². The lowest BCUT2D eigenvalue weighted by molar-refractivity contribution is -0.137. The van der Waals surface area contributed by atoms with Crippen molar-refractivity contribution in [1.29, 1.82) is 0 Å². The lowest BCUT2D eigenvalue weighted by Gasteiger charge is -2.19. The number of halogens is 1. The number of hydrogen-bond donors (Lipinski definition) is 2. The molecule has 3 aromatic rings. The molecule has 2 aromatic carbocycles. The highest BCUT2D eigenvalue weighted by atomic mass is 19.1. The zero-order valence-corrected chi connectivity index (χ0v) is 17.1. The number of hydrogen-bond acceptors (Lipinski definition) is 5. The zero-order chi connectivity index (χ0) is 21.9. The molecule has 0 bridgehead atoms. The van der Waals surface area contributed by atoms with E-state index in [-0.39, 0.29) is 12.3 Å². The van der Waals surface area contributed by atoms with E-state index in [1.54, 1.807) is 26.0 Å². The Morgan fingerprint density at radius 2 is 2.03 bits per heavy atom. The van der Waals surface area contributed by atoms with Crippen molar-refractivity contribution in [2.75, 3.05) is 7.11 Å². The van der Waals surface area contributed by atoms with Gasteiger partial charge in [-0.25, -0.2) is 9.37 Å². The molecule has 0 spiro atoms. The van der Waals surface area contributed by atoms with Crippen molar-refractivity contribution in [1.82, 2.24) is 4.98 Å². The first-order valence-electron chi connectivity index (χ1n) is 9.47. The number of carboxylic acids is 1. The monoisotopic (exact) mass is 413 g/mol. The number of carboxylic acid groups (broad SMARTS) is 1. The summed E-state index contributed by atoms with van der Waals surface area (Å²) in [5.41, 5.74) is 1.56. The van der Waals surface area contributed by atoms with E-state index in [1.807, 2.05) is 12.1 Å². The van der Waals surface area contributed by atoms with Gasteiger partial charge in [0, 0.05) is 12.0 Å². The Labute approximate surface area is 174 Å². The van der Waals surface area contributed by atoms with Crippen molar-refractivity contribution in [3.8, 4) is 16.9 Å². The zero-order valence-electron chi connectivity index (χ0n) is 17.1. The molecule has 1 heterocycles. The molecule has 0 aliphatic heterocycles. The van der Waals surface area contributed by atoms with Crippen molar-refractivity contribution in [2.45, 2.75) is 38.2 Å². The Morgan fingerprint density at radius 1 is 1.27 bits per heavy atom. The number of benzene rings is 2. The normalized spacial score (nSPS) is 12.6. The molecular weight excluding hydrogens is 389 g/mol. The predicted molar refractivity (Wildman–Crippen MR) is 109 cm³/mol. The molecule has 3 rings (SSSR count). The van der Waals surface area contributed by atoms with Crippen LogP contribution in [0.3, 0.4) is 0 Å². The number of aromatic nitrogens is 1. The van der Waals surface area contributed by atoms with Crippen LogP contribution in [0.15, 0.2) is 53.3 Å². The van der Waals surface area contributed by atoms with Crippen LogP contribution in [0.5, 0.6) is 5.75 Å². The highest BCUT2D eigenvalue weighted by Crippen LogP contribution is 2.36. The molecule has 1 unspecified atom stereocenters. The molecule has 0 saturated heterocycles. The van der Waals surface area contributed by atoms with Gasteiger partial charge in [0.05, 0.1) is 31.2 Å². The maximum absolute atomic E-state index is 14.6. The molecule has 30 heavy (non-hydrogen) atoms. The Bertz CT molecular complexity index is 1020. The highest BCUT2D eigenvalue weighted by molar-refractivity contribution is 5.73. The topological polar surface area (TPSA) is 92.8 Å². The first-order valence-corrected chi connectivity index (χ1v) is 9.47. The maximum atomic E-state index is 14.6. The van der Waals surface area contributed by atoms with E-state index in [4.69, 9.17) is 9.15 Å². The number of carbonyl (C=O) groups is 1. The average Bonchev–Trinajstić information content (AvgIpc) is 3.18. The number of ether oxygens (including phenoxy) is 1. The van der Waals surface area contributed by atoms with E-state index in [0.29, 0.717) is 28.9 Å². The van der Waals surface area contributed by atoms with Gasteiger partial charge in [0.15, 0.2) is 0 Å². The second kappa shape index (κ2) is 8.67. The summed E-state index contributed by atoms with van der Waals surface area (Å²) in [5.74, 6) is -1.56. The molecule has 0 amide bonds.